The molecule has 0 aliphatic heterocycles. The lowest BCUT2D eigenvalue weighted by Crippen LogP contribution is -2.15. The van der Waals surface area contributed by atoms with Crippen LogP contribution in [0.4, 0.5) is 10.1 Å². The maximum absolute atomic E-state index is 13.5. The number of hydrogen-bond acceptors (Lipinski definition) is 3. The first-order valence-electron chi connectivity index (χ1n) is 5.80. The zero-order valence-corrected chi connectivity index (χ0v) is 11.4. The van der Waals surface area contributed by atoms with Crippen LogP contribution >= 0.6 is 11.6 Å². The van der Waals surface area contributed by atoms with Gasteiger partial charge in [0.15, 0.2) is 5.82 Å². The lowest BCUT2D eigenvalue weighted by molar-refractivity contribution is 0.102. The van der Waals surface area contributed by atoms with Gasteiger partial charge in [0, 0.05) is 29.6 Å². The van der Waals surface area contributed by atoms with Crippen LogP contribution in [0.25, 0.3) is 0 Å². The van der Waals surface area contributed by atoms with Gasteiger partial charge in [-0.2, -0.15) is 0 Å². The predicted octanol–water partition coefficient (Wildman–Crippen LogP) is 3.27. The van der Waals surface area contributed by atoms with Crippen LogP contribution in [0, 0.1) is 5.82 Å². The highest BCUT2D eigenvalue weighted by Gasteiger charge is 2.14. The van der Waals surface area contributed by atoms with Crippen LogP contribution in [-0.4, -0.2) is 18.0 Å². The summed E-state index contributed by atoms with van der Waals surface area (Å²) in [6.07, 6.45) is 2.34. The van der Waals surface area contributed by atoms with E-state index in [2.05, 4.69) is 10.3 Å². The highest BCUT2D eigenvalue weighted by Crippen LogP contribution is 2.25. The summed E-state index contributed by atoms with van der Waals surface area (Å²) in [6.45, 7) is 0.244. The topological polar surface area (TPSA) is 51.2 Å². The molecule has 0 spiro atoms. The quantitative estimate of drug-likeness (QED) is 0.941. The van der Waals surface area contributed by atoms with Gasteiger partial charge in [-0.1, -0.05) is 17.7 Å². The molecule has 0 aliphatic rings. The third kappa shape index (κ3) is 3.12. The highest BCUT2D eigenvalue weighted by molar-refractivity contribution is 6.31. The smallest absolute Gasteiger partial charge is 0.258 e. The van der Waals surface area contributed by atoms with E-state index in [9.17, 15) is 9.18 Å². The Morgan fingerprint density at radius 3 is 2.95 bits per heavy atom. The van der Waals surface area contributed by atoms with Crippen LogP contribution in [0.1, 0.15) is 15.9 Å². The number of anilines is 1. The average molecular weight is 295 g/mol. The number of nitrogens with one attached hydrogen (secondary N) is 1. The first-order valence-corrected chi connectivity index (χ1v) is 6.18. The van der Waals surface area contributed by atoms with Crippen molar-refractivity contribution in [2.24, 2.45) is 0 Å². The van der Waals surface area contributed by atoms with Gasteiger partial charge in [0.1, 0.15) is 0 Å². The van der Waals surface area contributed by atoms with E-state index in [1.165, 1.54) is 19.4 Å². The number of aromatic nitrogens is 1. The van der Waals surface area contributed by atoms with Gasteiger partial charge in [0.2, 0.25) is 0 Å². The second-order valence-electron chi connectivity index (χ2n) is 4.01. The number of ether oxygens (including phenoxy) is 1. The molecule has 1 aromatic heterocycles. The first kappa shape index (κ1) is 14.4. The van der Waals surface area contributed by atoms with E-state index in [0.29, 0.717) is 16.3 Å². The number of halogens is 2. The predicted molar refractivity (Wildman–Crippen MR) is 74.3 cm³/mol. The van der Waals surface area contributed by atoms with E-state index < -0.39 is 11.7 Å². The van der Waals surface area contributed by atoms with Crippen molar-refractivity contribution in [3.05, 3.63) is 58.6 Å². The zero-order valence-electron chi connectivity index (χ0n) is 10.7. The highest BCUT2D eigenvalue weighted by atomic mass is 35.5. The standard InChI is InChI=1S/C14H12ClFN2O2/c1-20-8-10-11(15)3-2-4-13(10)18-14(19)9-5-6-17-7-12(9)16/h2-7H,8H2,1H3,(H,18,19). The Balaban J connectivity index is 2.29. The first-order chi connectivity index (χ1) is 9.63. The number of hydrogen-bond donors (Lipinski definition) is 1. The molecule has 2 aromatic rings. The van der Waals surface area contributed by atoms with E-state index in [1.54, 1.807) is 18.2 Å². The average Bonchev–Trinajstić information content (AvgIpc) is 2.43. The van der Waals surface area contributed by atoms with Crippen molar-refractivity contribution in [2.45, 2.75) is 6.61 Å². The maximum atomic E-state index is 13.5. The minimum atomic E-state index is -0.680. The fraction of sp³-hybridized carbons (Fsp3) is 0.143. The summed E-state index contributed by atoms with van der Waals surface area (Å²) in [7, 11) is 1.53. The molecule has 104 valence electrons. The summed E-state index contributed by atoms with van der Waals surface area (Å²) in [6, 6.07) is 6.38. The number of amides is 1. The van der Waals surface area contributed by atoms with Crippen LogP contribution < -0.4 is 5.32 Å². The van der Waals surface area contributed by atoms with Crippen molar-refractivity contribution in [3.63, 3.8) is 0 Å². The van der Waals surface area contributed by atoms with E-state index >= 15 is 0 Å². The normalized spacial score (nSPS) is 10.3. The summed E-state index contributed by atoms with van der Waals surface area (Å²) in [5, 5.41) is 3.09. The maximum Gasteiger partial charge on any atom is 0.258 e. The molecule has 0 fully saturated rings. The molecule has 0 unspecified atom stereocenters. The molecule has 6 heteroatoms. The largest absolute Gasteiger partial charge is 0.380 e. The van der Waals surface area contributed by atoms with Crippen LogP contribution in [0.2, 0.25) is 5.02 Å². The molecular formula is C14H12ClFN2O2. The van der Waals surface area contributed by atoms with Gasteiger partial charge in [-0.3, -0.25) is 9.78 Å². The summed E-state index contributed by atoms with van der Waals surface area (Å²) in [5.41, 5.74) is 1.04. The van der Waals surface area contributed by atoms with Gasteiger partial charge < -0.3 is 10.1 Å². The van der Waals surface area contributed by atoms with Crippen molar-refractivity contribution in [2.75, 3.05) is 12.4 Å². The number of nitrogens with zero attached hydrogens (tertiary/aromatic N) is 1. The summed E-state index contributed by atoms with van der Waals surface area (Å²) >= 11 is 6.05. The van der Waals surface area contributed by atoms with Crippen LogP contribution in [0.5, 0.6) is 0 Å². The number of benzene rings is 1. The van der Waals surface area contributed by atoms with Gasteiger partial charge in [0.05, 0.1) is 18.4 Å². The van der Waals surface area contributed by atoms with Crippen molar-refractivity contribution in [1.82, 2.24) is 4.98 Å². The van der Waals surface area contributed by atoms with Crippen molar-refractivity contribution < 1.29 is 13.9 Å². The molecular weight excluding hydrogens is 283 g/mol. The Labute approximate surface area is 120 Å². The Bertz CT molecular complexity index is 634. The Kier molecular flexibility index (Phi) is 4.65. The lowest BCUT2D eigenvalue weighted by Gasteiger charge is -2.12. The summed E-state index contributed by atoms with van der Waals surface area (Å²) in [5.74, 6) is -1.25. The number of carbonyl (C=O) groups excluding carboxylic acids is 1. The second kappa shape index (κ2) is 6.45. The molecule has 1 N–H and O–H groups in total. The fourth-order valence-electron chi connectivity index (χ4n) is 1.72. The molecule has 1 heterocycles. The molecule has 1 aromatic carbocycles. The molecule has 0 aliphatic carbocycles. The minimum absolute atomic E-state index is 0.0802. The number of carbonyl (C=O) groups is 1. The van der Waals surface area contributed by atoms with Crippen molar-refractivity contribution in [3.8, 4) is 0 Å². The molecule has 20 heavy (non-hydrogen) atoms. The molecule has 0 atom stereocenters. The Hall–Kier alpha value is -1.98. The molecule has 0 saturated carbocycles. The third-order valence-electron chi connectivity index (χ3n) is 2.67. The van der Waals surface area contributed by atoms with Gasteiger partial charge in [-0.05, 0) is 18.2 Å². The number of pyridine rings is 1. The Morgan fingerprint density at radius 2 is 2.25 bits per heavy atom. The van der Waals surface area contributed by atoms with E-state index in [-0.39, 0.29) is 12.2 Å². The minimum Gasteiger partial charge on any atom is -0.380 e. The van der Waals surface area contributed by atoms with E-state index in [0.717, 1.165) is 6.20 Å². The van der Waals surface area contributed by atoms with E-state index in [1.807, 2.05) is 0 Å². The molecule has 0 radical (unpaired) electrons. The third-order valence-corrected chi connectivity index (χ3v) is 3.03. The molecule has 0 saturated heterocycles. The molecule has 4 nitrogen and oxygen atoms in total. The SMILES string of the molecule is COCc1c(Cl)cccc1NC(=O)c1ccncc1F. The number of rotatable bonds is 4. The Morgan fingerprint density at radius 1 is 1.45 bits per heavy atom. The van der Waals surface area contributed by atoms with Gasteiger partial charge >= 0.3 is 0 Å². The molecule has 0 bridgehead atoms. The monoisotopic (exact) mass is 294 g/mol. The van der Waals surface area contributed by atoms with Crippen LogP contribution in [-0.2, 0) is 11.3 Å². The van der Waals surface area contributed by atoms with E-state index in [4.69, 9.17) is 16.3 Å². The van der Waals surface area contributed by atoms with Crippen molar-refractivity contribution >= 4 is 23.2 Å². The van der Waals surface area contributed by atoms with Gasteiger partial charge in [-0.15, -0.1) is 0 Å². The molecule has 1 amide bonds. The van der Waals surface area contributed by atoms with Crippen LogP contribution in [0.3, 0.4) is 0 Å². The second-order valence-corrected chi connectivity index (χ2v) is 4.42. The zero-order chi connectivity index (χ0) is 14.5. The molecule has 2 rings (SSSR count). The van der Waals surface area contributed by atoms with Gasteiger partial charge in [0.25, 0.3) is 5.91 Å². The summed E-state index contributed by atoms with van der Waals surface area (Å²) < 4.78 is 18.5. The lowest BCUT2D eigenvalue weighted by atomic mass is 10.1. The summed E-state index contributed by atoms with van der Waals surface area (Å²) in [4.78, 5) is 15.6. The van der Waals surface area contributed by atoms with Crippen molar-refractivity contribution in [1.29, 1.82) is 0 Å². The van der Waals surface area contributed by atoms with Crippen LogP contribution in [0.15, 0.2) is 36.7 Å². The van der Waals surface area contributed by atoms with Gasteiger partial charge in [-0.25, -0.2) is 4.39 Å². The number of methoxy groups -OCH3 is 1. The fourth-order valence-corrected chi connectivity index (χ4v) is 1.94.